The first-order valence-corrected chi connectivity index (χ1v) is 15.3. The SMILES string of the molecule is CC.CC.CCC(C)(C)c1ccccc1.CCC(C)(C)c1ccccc1.COCCOC.COCCOC(C)OC. The largest absolute Gasteiger partial charge is 0.382 e. The van der Waals surface area contributed by atoms with E-state index in [0.717, 1.165) is 0 Å². The summed E-state index contributed by atoms with van der Waals surface area (Å²) < 4.78 is 24.0. The van der Waals surface area contributed by atoms with Crippen LogP contribution >= 0.6 is 0 Å². The van der Waals surface area contributed by atoms with Gasteiger partial charge in [-0.1, -0.05) is 130 Å². The van der Waals surface area contributed by atoms with Crippen molar-refractivity contribution < 1.29 is 23.7 Å². The molecule has 242 valence electrons. The Bertz CT molecular complexity index is 662. The van der Waals surface area contributed by atoms with E-state index in [1.54, 1.807) is 28.4 Å². The minimum absolute atomic E-state index is 0.125. The van der Waals surface area contributed by atoms with Crippen molar-refractivity contribution >= 4 is 0 Å². The van der Waals surface area contributed by atoms with Crippen LogP contribution in [0.2, 0.25) is 0 Å². The standard InChI is InChI=1S/2C11H16.C6H14O3.C4H10O2.2C2H6/c2*1-4-11(2,3)10-8-6-5-7-9-10;1-6(8-3)9-5-4-7-2;1-5-3-4-6-2;2*1-2/h2*5-9H,4H2,1-3H3;6H,4-5H2,1-3H3;3-4H2,1-2H3;2*1-2H3. The van der Waals surface area contributed by atoms with E-state index in [-0.39, 0.29) is 6.29 Å². The maximum Gasteiger partial charge on any atom is 0.154 e. The molecule has 0 heterocycles. The summed E-state index contributed by atoms with van der Waals surface area (Å²) in [4.78, 5) is 0. The van der Waals surface area contributed by atoms with Gasteiger partial charge in [-0.15, -0.1) is 0 Å². The molecule has 2 aromatic rings. The molecule has 2 aromatic carbocycles. The summed E-state index contributed by atoms with van der Waals surface area (Å²) >= 11 is 0. The van der Waals surface area contributed by atoms with Crippen LogP contribution < -0.4 is 0 Å². The molecule has 0 amide bonds. The summed E-state index contributed by atoms with van der Waals surface area (Å²) in [6.07, 6.45) is 2.26. The first kappa shape index (κ1) is 46.2. The second-order valence-electron chi connectivity index (χ2n) is 9.86. The van der Waals surface area contributed by atoms with Gasteiger partial charge < -0.3 is 23.7 Å². The van der Waals surface area contributed by atoms with Gasteiger partial charge in [0.25, 0.3) is 0 Å². The highest BCUT2D eigenvalue weighted by Crippen LogP contribution is 2.26. The van der Waals surface area contributed by atoms with Crippen LogP contribution in [0, 0.1) is 0 Å². The summed E-state index contributed by atoms with van der Waals surface area (Å²) in [6, 6.07) is 21.3. The van der Waals surface area contributed by atoms with Crippen LogP contribution in [0.25, 0.3) is 0 Å². The Morgan fingerprint density at radius 2 is 0.829 bits per heavy atom. The van der Waals surface area contributed by atoms with Crippen molar-refractivity contribution in [2.75, 3.05) is 54.9 Å². The summed E-state index contributed by atoms with van der Waals surface area (Å²) in [5, 5.41) is 0. The minimum Gasteiger partial charge on any atom is -0.382 e. The third-order valence-electron chi connectivity index (χ3n) is 6.34. The maximum absolute atomic E-state index is 5.08. The van der Waals surface area contributed by atoms with Crippen molar-refractivity contribution in [2.45, 2.75) is 106 Å². The van der Waals surface area contributed by atoms with E-state index in [2.05, 4.69) is 112 Å². The molecule has 0 aliphatic rings. The zero-order valence-corrected chi connectivity index (χ0v) is 29.6. The highest BCUT2D eigenvalue weighted by molar-refractivity contribution is 5.23. The fourth-order valence-corrected chi connectivity index (χ4v) is 2.72. The molecule has 0 spiro atoms. The number of hydrogen-bond donors (Lipinski definition) is 0. The zero-order chi connectivity index (χ0) is 32.6. The molecular weight excluding hydrogens is 512 g/mol. The molecular formula is C36H68O5. The molecule has 41 heavy (non-hydrogen) atoms. The van der Waals surface area contributed by atoms with E-state index in [4.69, 9.17) is 14.2 Å². The predicted molar refractivity (Wildman–Crippen MR) is 180 cm³/mol. The van der Waals surface area contributed by atoms with Gasteiger partial charge in [-0.25, -0.2) is 0 Å². The Kier molecular flexibility index (Phi) is 36.9. The second-order valence-corrected chi connectivity index (χ2v) is 9.86. The van der Waals surface area contributed by atoms with Gasteiger partial charge in [-0.05, 0) is 41.7 Å². The fraction of sp³-hybridized carbons (Fsp3) is 0.667. The Labute approximate surface area is 256 Å². The van der Waals surface area contributed by atoms with Gasteiger partial charge in [-0.3, -0.25) is 0 Å². The van der Waals surface area contributed by atoms with Crippen molar-refractivity contribution in [2.24, 2.45) is 0 Å². The lowest BCUT2D eigenvalue weighted by atomic mass is 9.82. The minimum atomic E-state index is -0.125. The molecule has 1 atom stereocenters. The van der Waals surface area contributed by atoms with E-state index in [0.29, 0.717) is 37.3 Å². The van der Waals surface area contributed by atoms with Gasteiger partial charge in [-0.2, -0.15) is 0 Å². The van der Waals surface area contributed by atoms with Crippen molar-refractivity contribution in [3.05, 3.63) is 71.8 Å². The number of ether oxygens (including phenoxy) is 5. The topological polar surface area (TPSA) is 46.2 Å². The number of rotatable bonds is 12. The van der Waals surface area contributed by atoms with Crippen LogP contribution in [0.4, 0.5) is 0 Å². The van der Waals surface area contributed by atoms with Crippen LogP contribution in [0.5, 0.6) is 0 Å². The number of methoxy groups -OCH3 is 4. The molecule has 5 nitrogen and oxygen atoms in total. The van der Waals surface area contributed by atoms with Crippen LogP contribution in [-0.2, 0) is 34.5 Å². The molecule has 0 fully saturated rings. The summed E-state index contributed by atoms with van der Waals surface area (Å²) in [6.45, 7) is 26.0. The Balaban J connectivity index is -0.000000218. The third-order valence-corrected chi connectivity index (χ3v) is 6.34. The summed E-state index contributed by atoms with van der Waals surface area (Å²) in [5.74, 6) is 0. The van der Waals surface area contributed by atoms with Crippen molar-refractivity contribution in [1.29, 1.82) is 0 Å². The average Bonchev–Trinajstić information content (AvgIpc) is 3.03. The molecule has 0 saturated carbocycles. The normalized spacial score (nSPS) is 10.8. The Hall–Kier alpha value is -1.76. The van der Waals surface area contributed by atoms with Gasteiger partial charge in [0.05, 0.1) is 26.4 Å². The molecule has 0 aliphatic carbocycles. The lowest BCUT2D eigenvalue weighted by Crippen LogP contribution is -2.14. The number of benzene rings is 2. The number of hydrogen-bond acceptors (Lipinski definition) is 5. The lowest BCUT2D eigenvalue weighted by Gasteiger charge is -2.22. The highest BCUT2D eigenvalue weighted by Gasteiger charge is 2.17. The van der Waals surface area contributed by atoms with Gasteiger partial charge in [0, 0.05) is 28.4 Å². The molecule has 0 N–H and O–H groups in total. The fourth-order valence-electron chi connectivity index (χ4n) is 2.72. The average molecular weight is 581 g/mol. The molecule has 0 saturated heterocycles. The molecule has 5 heteroatoms. The first-order valence-electron chi connectivity index (χ1n) is 15.3. The van der Waals surface area contributed by atoms with Crippen LogP contribution in [-0.4, -0.2) is 61.2 Å². The Morgan fingerprint density at radius 1 is 0.537 bits per heavy atom. The van der Waals surface area contributed by atoms with E-state index >= 15 is 0 Å². The molecule has 0 aromatic heterocycles. The first-order chi connectivity index (χ1) is 19.6. The van der Waals surface area contributed by atoms with Gasteiger partial charge in [0.15, 0.2) is 6.29 Å². The van der Waals surface area contributed by atoms with E-state index in [9.17, 15) is 0 Å². The van der Waals surface area contributed by atoms with Gasteiger partial charge >= 0.3 is 0 Å². The molecule has 0 radical (unpaired) electrons. The smallest absolute Gasteiger partial charge is 0.154 e. The van der Waals surface area contributed by atoms with Crippen LogP contribution in [0.3, 0.4) is 0 Å². The van der Waals surface area contributed by atoms with E-state index in [1.165, 1.54) is 24.0 Å². The molecule has 2 rings (SSSR count). The van der Waals surface area contributed by atoms with Gasteiger partial charge in [0.2, 0.25) is 0 Å². The third kappa shape index (κ3) is 28.1. The lowest BCUT2D eigenvalue weighted by molar-refractivity contribution is -0.119. The van der Waals surface area contributed by atoms with Gasteiger partial charge in [0.1, 0.15) is 0 Å². The summed E-state index contributed by atoms with van der Waals surface area (Å²) in [5.41, 5.74) is 3.53. The van der Waals surface area contributed by atoms with Crippen molar-refractivity contribution in [1.82, 2.24) is 0 Å². The van der Waals surface area contributed by atoms with Crippen molar-refractivity contribution in [3.8, 4) is 0 Å². The molecule has 0 bridgehead atoms. The monoisotopic (exact) mass is 581 g/mol. The summed E-state index contributed by atoms with van der Waals surface area (Å²) in [7, 11) is 6.55. The molecule has 1 unspecified atom stereocenters. The van der Waals surface area contributed by atoms with E-state index in [1.807, 2.05) is 34.6 Å². The Morgan fingerprint density at radius 3 is 1.07 bits per heavy atom. The zero-order valence-electron chi connectivity index (χ0n) is 29.6. The quantitative estimate of drug-likeness (QED) is 0.185. The second kappa shape index (κ2) is 32.8. The highest BCUT2D eigenvalue weighted by atomic mass is 16.7. The molecule has 0 aliphatic heterocycles. The predicted octanol–water partition coefficient (Wildman–Crippen LogP) is 9.72. The van der Waals surface area contributed by atoms with E-state index < -0.39 is 0 Å². The van der Waals surface area contributed by atoms with Crippen molar-refractivity contribution in [3.63, 3.8) is 0 Å². The maximum atomic E-state index is 5.08. The van der Waals surface area contributed by atoms with Crippen LogP contribution in [0.15, 0.2) is 60.7 Å². The van der Waals surface area contributed by atoms with Crippen LogP contribution in [0.1, 0.15) is 100 Å².